The maximum Gasteiger partial charge on any atom is 0.245 e. The number of benzene rings is 2. The Morgan fingerprint density at radius 2 is 1.78 bits per heavy atom. The van der Waals surface area contributed by atoms with Crippen molar-refractivity contribution in [1.29, 1.82) is 0 Å². The number of anilines is 1. The Balaban J connectivity index is 0.00000261. The first kappa shape index (κ1) is 21.6. The molecule has 0 aliphatic heterocycles. The Hall–Kier alpha value is -1.69. The highest BCUT2D eigenvalue weighted by Crippen LogP contribution is 2.24. The van der Waals surface area contributed by atoms with Gasteiger partial charge in [0, 0.05) is 27.5 Å². The highest BCUT2D eigenvalue weighted by Gasteiger charge is 2.20. The molecule has 1 amide bonds. The molecule has 1 aliphatic rings. The van der Waals surface area contributed by atoms with Crippen molar-refractivity contribution in [2.24, 2.45) is 5.73 Å². The van der Waals surface area contributed by atoms with Crippen molar-refractivity contribution in [1.82, 2.24) is 0 Å². The molecule has 0 spiro atoms. The minimum atomic E-state index is -0.854. The highest BCUT2D eigenvalue weighted by atomic mass is 35.5. The van der Waals surface area contributed by atoms with Crippen LogP contribution in [0.5, 0.6) is 0 Å². The van der Waals surface area contributed by atoms with Gasteiger partial charge in [-0.1, -0.05) is 61.7 Å². The first-order valence-electron chi connectivity index (χ1n) is 9.21. The molecule has 3 rings (SSSR count). The second kappa shape index (κ2) is 10.6. The topological polar surface area (TPSA) is 72.2 Å². The van der Waals surface area contributed by atoms with Crippen molar-refractivity contribution in [2.75, 3.05) is 5.32 Å². The van der Waals surface area contributed by atoms with Gasteiger partial charge in [0.05, 0.1) is 0 Å². The lowest BCUT2D eigenvalue weighted by atomic mass is 10.0. The number of nitrogens with two attached hydrogens (primary N) is 1. The average Bonchev–Trinajstić information content (AvgIpc) is 2.69. The van der Waals surface area contributed by atoms with Crippen molar-refractivity contribution in [3.63, 3.8) is 0 Å². The van der Waals surface area contributed by atoms with Gasteiger partial charge in [0.25, 0.3) is 0 Å². The summed E-state index contributed by atoms with van der Waals surface area (Å²) < 4.78 is 12.6. The molecule has 2 aromatic rings. The van der Waals surface area contributed by atoms with Gasteiger partial charge in [0.2, 0.25) is 5.91 Å². The van der Waals surface area contributed by atoms with E-state index in [9.17, 15) is 9.00 Å². The van der Waals surface area contributed by atoms with Crippen molar-refractivity contribution in [2.45, 2.75) is 49.1 Å². The van der Waals surface area contributed by atoms with Gasteiger partial charge in [-0.2, -0.15) is 0 Å². The summed E-state index contributed by atoms with van der Waals surface area (Å²) in [5, 5.41) is 3.18. The normalized spacial score (nSPS) is 16.8. The molecular weight excluding hydrogens is 380 g/mol. The predicted molar refractivity (Wildman–Crippen MR) is 114 cm³/mol. The van der Waals surface area contributed by atoms with Crippen LogP contribution in [0.1, 0.15) is 49.3 Å². The van der Waals surface area contributed by atoms with Gasteiger partial charge in [0.1, 0.15) is 6.04 Å². The van der Waals surface area contributed by atoms with Gasteiger partial charge in [-0.15, -0.1) is 12.4 Å². The molecule has 0 saturated heterocycles. The molecule has 2 unspecified atom stereocenters. The molecule has 0 aromatic heterocycles. The summed E-state index contributed by atoms with van der Waals surface area (Å²) in [7, 11) is -0.854. The minimum absolute atomic E-state index is 0. The summed E-state index contributed by atoms with van der Waals surface area (Å²) in [6.45, 7) is 0. The van der Waals surface area contributed by atoms with E-state index in [4.69, 9.17) is 5.73 Å². The van der Waals surface area contributed by atoms with Gasteiger partial charge in [-0.25, -0.2) is 0 Å². The van der Waals surface area contributed by atoms with E-state index in [0.29, 0.717) is 16.7 Å². The van der Waals surface area contributed by atoms with E-state index in [1.807, 2.05) is 54.6 Å². The molecule has 2 atom stereocenters. The smallest absolute Gasteiger partial charge is 0.245 e. The van der Waals surface area contributed by atoms with Gasteiger partial charge >= 0.3 is 0 Å². The molecule has 27 heavy (non-hydrogen) atoms. The number of carbonyl (C=O) groups is 1. The van der Waals surface area contributed by atoms with Crippen LogP contribution in [0, 0.1) is 0 Å². The molecule has 0 heterocycles. The lowest BCUT2D eigenvalue weighted by molar-refractivity contribution is -0.117. The average molecular weight is 407 g/mol. The quantitative estimate of drug-likeness (QED) is 0.749. The third kappa shape index (κ3) is 6.16. The molecule has 3 N–H and O–H groups in total. The van der Waals surface area contributed by atoms with E-state index in [1.165, 1.54) is 19.3 Å². The molecule has 0 radical (unpaired) electrons. The number of nitrogens with one attached hydrogen (secondary N) is 1. The summed E-state index contributed by atoms with van der Waals surface area (Å²) >= 11 is 0. The van der Waals surface area contributed by atoms with Gasteiger partial charge in [-0.05, 0) is 36.1 Å². The Morgan fingerprint density at radius 3 is 2.48 bits per heavy atom. The Kier molecular flexibility index (Phi) is 8.48. The van der Waals surface area contributed by atoms with Crippen LogP contribution in [0.25, 0.3) is 0 Å². The van der Waals surface area contributed by atoms with Crippen LogP contribution >= 0.6 is 12.4 Å². The van der Waals surface area contributed by atoms with E-state index in [2.05, 4.69) is 5.32 Å². The van der Waals surface area contributed by atoms with Crippen molar-refractivity contribution in [3.8, 4) is 0 Å². The van der Waals surface area contributed by atoms with E-state index < -0.39 is 16.8 Å². The predicted octanol–water partition coefficient (Wildman–Crippen LogP) is 4.33. The number of rotatable bonds is 6. The van der Waals surface area contributed by atoms with E-state index in [1.54, 1.807) is 0 Å². The van der Waals surface area contributed by atoms with Crippen LogP contribution in [-0.2, 0) is 21.3 Å². The van der Waals surface area contributed by atoms with Crippen molar-refractivity contribution < 1.29 is 9.00 Å². The summed E-state index contributed by atoms with van der Waals surface area (Å²) in [5.41, 5.74) is 8.50. The van der Waals surface area contributed by atoms with Crippen LogP contribution in [0.2, 0.25) is 0 Å². The molecule has 6 heteroatoms. The lowest BCUT2D eigenvalue weighted by Crippen LogP contribution is -2.27. The number of hydrogen-bond acceptors (Lipinski definition) is 3. The fourth-order valence-electron chi connectivity index (χ4n) is 3.38. The second-order valence-electron chi connectivity index (χ2n) is 6.86. The van der Waals surface area contributed by atoms with Crippen LogP contribution in [0.15, 0.2) is 54.6 Å². The van der Waals surface area contributed by atoms with E-state index in [-0.39, 0.29) is 18.3 Å². The maximum absolute atomic E-state index is 12.6. The second-order valence-corrected chi connectivity index (χ2v) is 8.58. The lowest BCUT2D eigenvalue weighted by Gasteiger charge is -2.21. The van der Waals surface area contributed by atoms with Crippen LogP contribution < -0.4 is 11.1 Å². The molecule has 1 aliphatic carbocycles. The van der Waals surface area contributed by atoms with E-state index in [0.717, 1.165) is 24.0 Å². The summed E-state index contributed by atoms with van der Waals surface area (Å²) in [4.78, 5) is 12.4. The summed E-state index contributed by atoms with van der Waals surface area (Å²) in [6.07, 6.45) is 5.76. The van der Waals surface area contributed by atoms with Crippen LogP contribution in [-0.4, -0.2) is 15.4 Å². The third-order valence-electron chi connectivity index (χ3n) is 4.87. The van der Waals surface area contributed by atoms with Crippen LogP contribution in [0.4, 0.5) is 5.69 Å². The third-order valence-corrected chi connectivity index (χ3v) is 6.70. The van der Waals surface area contributed by atoms with Gasteiger partial charge in [-0.3, -0.25) is 9.00 Å². The Bertz CT molecular complexity index is 764. The molecular formula is C21H27ClN2O2S. The maximum atomic E-state index is 12.6. The van der Waals surface area contributed by atoms with E-state index >= 15 is 0 Å². The zero-order valence-corrected chi connectivity index (χ0v) is 16.9. The number of hydrogen-bond donors (Lipinski definition) is 2. The van der Waals surface area contributed by atoms with Crippen molar-refractivity contribution in [3.05, 3.63) is 65.7 Å². The van der Waals surface area contributed by atoms with Crippen LogP contribution in [0.3, 0.4) is 0 Å². The summed E-state index contributed by atoms with van der Waals surface area (Å²) in [6, 6.07) is 16.2. The molecule has 1 fully saturated rings. The fourth-order valence-corrected chi connectivity index (χ4v) is 4.98. The number of amides is 1. The standard InChI is InChI=1S/C21H26N2O2S.ClH/c22-20(17-9-3-1-4-10-17)21(24)23-18-11-7-8-16(14-18)15-26(25)19-12-5-2-6-13-19;/h1,3-4,7-11,14,19-20H,2,5-6,12-13,15,22H2,(H,23,24);1H. The van der Waals surface area contributed by atoms with Gasteiger partial charge in [0.15, 0.2) is 0 Å². The molecule has 2 aromatic carbocycles. The fraction of sp³-hybridized carbons (Fsp3) is 0.381. The highest BCUT2D eigenvalue weighted by molar-refractivity contribution is 7.84. The molecule has 146 valence electrons. The van der Waals surface area contributed by atoms with Gasteiger partial charge < -0.3 is 11.1 Å². The van der Waals surface area contributed by atoms with Crippen molar-refractivity contribution >= 4 is 34.8 Å². The minimum Gasteiger partial charge on any atom is -0.324 e. The molecule has 4 nitrogen and oxygen atoms in total. The largest absolute Gasteiger partial charge is 0.324 e. The number of carbonyl (C=O) groups excluding carboxylic acids is 1. The monoisotopic (exact) mass is 406 g/mol. The SMILES string of the molecule is Cl.NC(C(=O)Nc1cccc(CS(=O)C2CCCCC2)c1)c1ccccc1. The Morgan fingerprint density at radius 1 is 1.07 bits per heavy atom. The molecule has 1 saturated carbocycles. The number of halogens is 1. The zero-order chi connectivity index (χ0) is 18.4. The summed E-state index contributed by atoms with van der Waals surface area (Å²) in [5.74, 6) is 0.292. The Labute approximate surface area is 169 Å². The molecule has 0 bridgehead atoms. The zero-order valence-electron chi connectivity index (χ0n) is 15.3. The first-order valence-corrected chi connectivity index (χ1v) is 10.6. The first-order chi connectivity index (χ1) is 12.6.